The van der Waals surface area contributed by atoms with Crippen LogP contribution < -0.4 is 10.1 Å². The number of halogens is 3. The predicted octanol–water partition coefficient (Wildman–Crippen LogP) is 3.58. The van der Waals surface area contributed by atoms with E-state index in [-0.39, 0.29) is 11.7 Å². The van der Waals surface area contributed by atoms with E-state index >= 15 is 0 Å². The predicted molar refractivity (Wildman–Crippen MR) is 79.5 cm³/mol. The number of hydrogen-bond acceptors (Lipinski definition) is 6. The van der Waals surface area contributed by atoms with Gasteiger partial charge in [-0.15, -0.1) is 13.2 Å². The average molecular weight is 333 g/mol. The molecule has 0 saturated heterocycles. The number of pyridine rings is 1. The molecule has 24 heavy (non-hydrogen) atoms. The molecule has 6 nitrogen and oxygen atoms in total. The first-order valence-corrected chi connectivity index (χ1v) is 6.72. The fourth-order valence-electron chi connectivity index (χ4n) is 1.87. The maximum atomic E-state index is 12.1. The summed E-state index contributed by atoms with van der Waals surface area (Å²) < 4.78 is 40.2. The Morgan fingerprint density at radius 1 is 0.917 bits per heavy atom. The summed E-state index contributed by atoms with van der Waals surface area (Å²) in [6.07, 6.45) is -0.147. The fourth-order valence-corrected chi connectivity index (χ4v) is 1.87. The summed E-state index contributed by atoms with van der Waals surface area (Å²) in [5.41, 5.74) is 1.28. The molecule has 122 valence electrons. The number of ether oxygens (including phenoxy) is 1. The molecule has 0 unspecified atom stereocenters. The van der Waals surface area contributed by atoms with Crippen LogP contribution in [-0.2, 0) is 0 Å². The van der Waals surface area contributed by atoms with Crippen molar-refractivity contribution >= 4 is 11.6 Å². The molecular formula is C15H10F3N5O. The summed E-state index contributed by atoms with van der Waals surface area (Å²) in [6.45, 7) is 0. The van der Waals surface area contributed by atoms with Gasteiger partial charge in [-0.25, -0.2) is 9.97 Å². The average Bonchev–Trinajstić information content (AvgIpc) is 2.56. The van der Waals surface area contributed by atoms with Crippen molar-refractivity contribution in [1.29, 1.82) is 0 Å². The first-order chi connectivity index (χ1) is 11.5. The van der Waals surface area contributed by atoms with E-state index in [1.165, 1.54) is 30.6 Å². The van der Waals surface area contributed by atoms with Crippen LogP contribution in [0.4, 0.5) is 24.8 Å². The highest BCUT2D eigenvalue weighted by molar-refractivity contribution is 5.58. The van der Waals surface area contributed by atoms with Gasteiger partial charge < -0.3 is 10.1 Å². The van der Waals surface area contributed by atoms with Crippen LogP contribution >= 0.6 is 0 Å². The fraction of sp³-hybridized carbons (Fsp3) is 0.0667. The van der Waals surface area contributed by atoms with Gasteiger partial charge in [0.15, 0.2) is 5.82 Å². The first kappa shape index (κ1) is 15.7. The number of benzene rings is 1. The smallest absolute Gasteiger partial charge is 0.406 e. The summed E-state index contributed by atoms with van der Waals surface area (Å²) in [5, 5.41) is 2.89. The normalized spacial score (nSPS) is 11.1. The quantitative estimate of drug-likeness (QED) is 0.787. The summed E-state index contributed by atoms with van der Waals surface area (Å²) in [5.74, 6) is 0.411. The lowest BCUT2D eigenvalue weighted by atomic mass is 10.2. The van der Waals surface area contributed by atoms with E-state index in [4.69, 9.17) is 0 Å². The minimum absolute atomic E-state index is 0.265. The van der Waals surface area contributed by atoms with Crippen molar-refractivity contribution < 1.29 is 17.9 Å². The Kier molecular flexibility index (Phi) is 4.23. The monoisotopic (exact) mass is 333 g/mol. The molecule has 0 saturated carbocycles. The maximum absolute atomic E-state index is 12.1. The van der Waals surface area contributed by atoms with Crippen molar-refractivity contribution in [3.05, 3.63) is 55.1 Å². The van der Waals surface area contributed by atoms with E-state index < -0.39 is 6.36 Å². The third-order valence-corrected chi connectivity index (χ3v) is 2.85. The van der Waals surface area contributed by atoms with Gasteiger partial charge in [0, 0.05) is 23.6 Å². The van der Waals surface area contributed by atoms with Crippen LogP contribution in [0.5, 0.6) is 5.75 Å². The van der Waals surface area contributed by atoms with E-state index in [0.717, 1.165) is 5.56 Å². The molecule has 3 rings (SSSR count). The highest BCUT2D eigenvalue weighted by Crippen LogP contribution is 2.25. The van der Waals surface area contributed by atoms with Crippen LogP contribution in [0, 0.1) is 0 Å². The van der Waals surface area contributed by atoms with Gasteiger partial charge >= 0.3 is 6.36 Å². The molecule has 0 spiro atoms. The molecule has 9 heteroatoms. The van der Waals surface area contributed by atoms with E-state index in [1.54, 1.807) is 24.5 Å². The number of nitrogens with one attached hydrogen (secondary N) is 1. The highest BCUT2D eigenvalue weighted by atomic mass is 19.4. The minimum Gasteiger partial charge on any atom is -0.406 e. The van der Waals surface area contributed by atoms with Crippen molar-refractivity contribution in [2.24, 2.45) is 0 Å². The molecule has 3 aromatic rings. The summed E-state index contributed by atoms with van der Waals surface area (Å²) >= 11 is 0. The first-order valence-electron chi connectivity index (χ1n) is 6.72. The van der Waals surface area contributed by atoms with Gasteiger partial charge in [0.05, 0.1) is 0 Å². The van der Waals surface area contributed by atoms with Crippen LogP contribution in [0.1, 0.15) is 0 Å². The third-order valence-electron chi connectivity index (χ3n) is 2.85. The second kappa shape index (κ2) is 6.49. The number of nitrogens with zero attached hydrogens (tertiary/aromatic N) is 4. The number of rotatable bonds is 4. The van der Waals surface area contributed by atoms with Crippen molar-refractivity contribution in [2.45, 2.75) is 6.36 Å². The largest absolute Gasteiger partial charge is 0.573 e. The molecule has 0 aliphatic heterocycles. The van der Waals surface area contributed by atoms with Gasteiger partial charge in [0.1, 0.15) is 12.1 Å². The Hall–Kier alpha value is -3.23. The Balaban J connectivity index is 1.75. The van der Waals surface area contributed by atoms with Gasteiger partial charge in [0.25, 0.3) is 0 Å². The lowest BCUT2D eigenvalue weighted by Crippen LogP contribution is -2.17. The van der Waals surface area contributed by atoms with Crippen molar-refractivity contribution in [3.8, 4) is 17.1 Å². The van der Waals surface area contributed by atoms with Crippen molar-refractivity contribution in [1.82, 2.24) is 19.9 Å². The number of anilines is 2. The lowest BCUT2D eigenvalue weighted by Gasteiger charge is -2.10. The van der Waals surface area contributed by atoms with Crippen LogP contribution in [-0.4, -0.2) is 26.3 Å². The molecule has 0 atom stereocenters. The van der Waals surface area contributed by atoms with E-state index in [1.807, 2.05) is 0 Å². The standard InChI is InChI=1S/C15H10F3N5O/c16-15(17,18)24-12-3-1-11(2-4-12)22-14-21-9-20-13(23-14)10-5-7-19-8-6-10/h1-9H,(H,20,21,22,23). The zero-order valence-electron chi connectivity index (χ0n) is 12.0. The van der Waals surface area contributed by atoms with Gasteiger partial charge in [-0.05, 0) is 36.4 Å². The zero-order chi connectivity index (χ0) is 17.0. The van der Waals surface area contributed by atoms with E-state index in [0.29, 0.717) is 11.5 Å². The highest BCUT2D eigenvalue weighted by Gasteiger charge is 2.30. The van der Waals surface area contributed by atoms with Gasteiger partial charge in [0.2, 0.25) is 5.95 Å². The molecule has 0 radical (unpaired) electrons. The maximum Gasteiger partial charge on any atom is 0.573 e. The third kappa shape index (κ3) is 4.15. The molecule has 2 heterocycles. The molecule has 0 aliphatic carbocycles. The topological polar surface area (TPSA) is 72.8 Å². The SMILES string of the molecule is FC(F)(F)Oc1ccc(Nc2ncnc(-c3ccncc3)n2)cc1. The molecule has 1 N–H and O–H groups in total. The minimum atomic E-state index is -4.72. The summed E-state index contributed by atoms with van der Waals surface area (Å²) in [7, 11) is 0. The molecule has 0 bridgehead atoms. The molecule has 0 amide bonds. The van der Waals surface area contributed by atoms with E-state index in [2.05, 4.69) is 30.0 Å². The number of hydrogen-bond donors (Lipinski definition) is 1. The second-order valence-electron chi connectivity index (χ2n) is 4.57. The number of aromatic nitrogens is 4. The van der Waals surface area contributed by atoms with Crippen molar-refractivity contribution in [3.63, 3.8) is 0 Å². The summed E-state index contributed by atoms with van der Waals surface area (Å²) in [4.78, 5) is 16.2. The molecular weight excluding hydrogens is 323 g/mol. The Morgan fingerprint density at radius 2 is 1.62 bits per heavy atom. The molecule has 1 aromatic carbocycles. The van der Waals surface area contributed by atoms with Gasteiger partial charge in [-0.2, -0.15) is 4.98 Å². The number of alkyl halides is 3. The molecule has 0 aliphatic rings. The van der Waals surface area contributed by atoms with Crippen LogP contribution in [0.25, 0.3) is 11.4 Å². The summed E-state index contributed by atoms with van der Waals surface area (Å²) in [6, 6.07) is 8.75. The molecule has 0 fully saturated rings. The van der Waals surface area contributed by atoms with Crippen LogP contribution in [0.3, 0.4) is 0 Å². The van der Waals surface area contributed by atoms with Crippen LogP contribution in [0.15, 0.2) is 55.1 Å². The lowest BCUT2D eigenvalue weighted by molar-refractivity contribution is -0.274. The van der Waals surface area contributed by atoms with E-state index in [9.17, 15) is 13.2 Å². The molecule has 2 aromatic heterocycles. The van der Waals surface area contributed by atoms with Gasteiger partial charge in [-0.3, -0.25) is 4.98 Å². The Bertz CT molecular complexity index is 809. The zero-order valence-corrected chi connectivity index (χ0v) is 12.0. The van der Waals surface area contributed by atoms with Crippen molar-refractivity contribution in [2.75, 3.05) is 5.32 Å². The second-order valence-corrected chi connectivity index (χ2v) is 4.57. The van der Waals surface area contributed by atoms with Gasteiger partial charge in [-0.1, -0.05) is 0 Å². The van der Waals surface area contributed by atoms with Crippen LogP contribution in [0.2, 0.25) is 0 Å². The Morgan fingerprint density at radius 3 is 2.29 bits per heavy atom. The Labute approximate surface area is 134 Å².